The highest BCUT2D eigenvalue weighted by molar-refractivity contribution is 5.33. The van der Waals surface area contributed by atoms with Crippen LogP contribution in [0.5, 0.6) is 0 Å². The van der Waals surface area contributed by atoms with Crippen molar-refractivity contribution in [3.8, 4) is 0 Å². The lowest BCUT2D eigenvalue weighted by Crippen LogP contribution is -2.29. The third-order valence-corrected chi connectivity index (χ3v) is 4.32. The quantitative estimate of drug-likeness (QED) is 0.826. The SMILES string of the molecule is Cc1cccc(C)c1CNC1CCCCCCC1. The van der Waals surface area contributed by atoms with Gasteiger partial charge in [-0.3, -0.25) is 0 Å². The van der Waals surface area contributed by atoms with Crippen LogP contribution in [0.1, 0.15) is 61.6 Å². The van der Waals surface area contributed by atoms with Crippen LogP contribution < -0.4 is 5.32 Å². The molecule has 1 aromatic carbocycles. The van der Waals surface area contributed by atoms with Gasteiger partial charge in [0.15, 0.2) is 0 Å². The minimum atomic E-state index is 0.740. The largest absolute Gasteiger partial charge is 0.310 e. The fourth-order valence-corrected chi connectivity index (χ4v) is 3.03. The highest BCUT2D eigenvalue weighted by atomic mass is 14.9. The average molecular weight is 245 g/mol. The van der Waals surface area contributed by atoms with Gasteiger partial charge in [0.25, 0.3) is 0 Å². The molecule has 1 aliphatic rings. The predicted molar refractivity (Wildman–Crippen MR) is 78.9 cm³/mol. The molecule has 0 bridgehead atoms. The molecule has 0 spiro atoms. The van der Waals surface area contributed by atoms with E-state index in [1.54, 1.807) is 0 Å². The topological polar surface area (TPSA) is 12.0 Å². The van der Waals surface area contributed by atoms with Crippen LogP contribution in [0, 0.1) is 13.8 Å². The second-order valence-electron chi connectivity index (χ2n) is 5.79. The first-order chi connectivity index (χ1) is 8.77. The second kappa shape index (κ2) is 6.94. The van der Waals surface area contributed by atoms with E-state index in [1.165, 1.54) is 61.6 Å². The molecule has 0 aromatic heterocycles. The minimum Gasteiger partial charge on any atom is -0.310 e. The Morgan fingerprint density at radius 1 is 0.944 bits per heavy atom. The molecule has 100 valence electrons. The summed E-state index contributed by atoms with van der Waals surface area (Å²) in [4.78, 5) is 0. The Bertz CT molecular complexity index is 342. The van der Waals surface area contributed by atoms with Gasteiger partial charge < -0.3 is 5.32 Å². The van der Waals surface area contributed by atoms with Crippen molar-refractivity contribution in [3.63, 3.8) is 0 Å². The van der Waals surface area contributed by atoms with E-state index in [0.29, 0.717) is 0 Å². The maximum absolute atomic E-state index is 3.79. The van der Waals surface area contributed by atoms with E-state index in [9.17, 15) is 0 Å². The molecule has 0 saturated heterocycles. The third kappa shape index (κ3) is 3.84. The van der Waals surface area contributed by atoms with Crippen LogP contribution >= 0.6 is 0 Å². The van der Waals surface area contributed by atoms with Crippen molar-refractivity contribution in [3.05, 3.63) is 34.9 Å². The highest BCUT2D eigenvalue weighted by Crippen LogP contribution is 2.19. The lowest BCUT2D eigenvalue weighted by Gasteiger charge is -2.22. The normalized spacial score (nSPS) is 18.3. The molecule has 1 N–H and O–H groups in total. The summed E-state index contributed by atoms with van der Waals surface area (Å²) in [6.45, 7) is 5.49. The molecular formula is C17H27N. The summed E-state index contributed by atoms with van der Waals surface area (Å²) in [7, 11) is 0. The van der Waals surface area contributed by atoms with Crippen LogP contribution in [0.15, 0.2) is 18.2 Å². The monoisotopic (exact) mass is 245 g/mol. The third-order valence-electron chi connectivity index (χ3n) is 4.32. The zero-order chi connectivity index (χ0) is 12.8. The van der Waals surface area contributed by atoms with Crippen LogP contribution in [0.3, 0.4) is 0 Å². The first-order valence-electron chi connectivity index (χ1n) is 7.56. The highest BCUT2D eigenvalue weighted by Gasteiger charge is 2.11. The van der Waals surface area contributed by atoms with E-state index >= 15 is 0 Å². The van der Waals surface area contributed by atoms with Gasteiger partial charge >= 0.3 is 0 Å². The fourth-order valence-electron chi connectivity index (χ4n) is 3.03. The van der Waals surface area contributed by atoms with Crippen molar-refractivity contribution in [1.29, 1.82) is 0 Å². The molecule has 0 unspecified atom stereocenters. The predicted octanol–water partition coefficient (Wildman–Crippen LogP) is 4.51. The Morgan fingerprint density at radius 2 is 1.50 bits per heavy atom. The maximum Gasteiger partial charge on any atom is 0.0213 e. The molecule has 0 radical (unpaired) electrons. The number of rotatable bonds is 3. The second-order valence-corrected chi connectivity index (χ2v) is 5.79. The molecule has 1 fully saturated rings. The van der Waals surface area contributed by atoms with Gasteiger partial charge in [-0.1, -0.05) is 50.3 Å². The van der Waals surface area contributed by atoms with Crippen LogP contribution in [0.25, 0.3) is 0 Å². The van der Waals surface area contributed by atoms with Gasteiger partial charge in [-0.25, -0.2) is 0 Å². The van der Waals surface area contributed by atoms with Crippen LogP contribution in [0.4, 0.5) is 0 Å². The Hall–Kier alpha value is -0.820. The lowest BCUT2D eigenvalue weighted by atomic mass is 9.96. The molecule has 1 heteroatoms. The Labute approximate surface area is 112 Å². The molecule has 18 heavy (non-hydrogen) atoms. The number of nitrogens with one attached hydrogen (secondary N) is 1. The van der Waals surface area contributed by atoms with Crippen molar-refractivity contribution in [2.24, 2.45) is 0 Å². The molecule has 0 atom stereocenters. The molecular weight excluding hydrogens is 218 g/mol. The molecule has 0 heterocycles. The van der Waals surface area contributed by atoms with Crippen molar-refractivity contribution in [2.75, 3.05) is 0 Å². The van der Waals surface area contributed by atoms with Gasteiger partial charge in [-0.2, -0.15) is 0 Å². The molecule has 1 aliphatic carbocycles. The van der Waals surface area contributed by atoms with E-state index in [1.807, 2.05) is 0 Å². The van der Waals surface area contributed by atoms with Gasteiger partial charge in [0, 0.05) is 12.6 Å². The van der Waals surface area contributed by atoms with Crippen molar-refractivity contribution in [1.82, 2.24) is 5.32 Å². The van der Waals surface area contributed by atoms with Crippen LogP contribution in [-0.4, -0.2) is 6.04 Å². The Kier molecular flexibility index (Phi) is 5.25. The Morgan fingerprint density at radius 3 is 2.11 bits per heavy atom. The summed E-state index contributed by atoms with van der Waals surface area (Å²) in [6.07, 6.45) is 9.86. The van der Waals surface area contributed by atoms with Gasteiger partial charge in [0.2, 0.25) is 0 Å². The summed E-state index contributed by atoms with van der Waals surface area (Å²) in [5, 5.41) is 3.79. The number of benzene rings is 1. The maximum atomic E-state index is 3.79. The standard InChI is InChI=1S/C17H27N/c1-14-9-8-10-15(2)17(14)13-18-16-11-6-4-3-5-7-12-16/h8-10,16,18H,3-7,11-13H2,1-2H3. The molecule has 1 aromatic rings. The number of hydrogen-bond acceptors (Lipinski definition) is 1. The molecule has 0 amide bonds. The lowest BCUT2D eigenvalue weighted by molar-refractivity contribution is 0.388. The van der Waals surface area contributed by atoms with E-state index in [0.717, 1.165) is 12.6 Å². The van der Waals surface area contributed by atoms with Crippen molar-refractivity contribution >= 4 is 0 Å². The van der Waals surface area contributed by atoms with E-state index in [-0.39, 0.29) is 0 Å². The summed E-state index contributed by atoms with van der Waals surface area (Å²) in [6, 6.07) is 7.35. The zero-order valence-corrected chi connectivity index (χ0v) is 12.0. The zero-order valence-electron chi connectivity index (χ0n) is 12.0. The van der Waals surface area contributed by atoms with Crippen LogP contribution in [0.2, 0.25) is 0 Å². The smallest absolute Gasteiger partial charge is 0.0213 e. The van der Waals surface area contributed by atoms with E-state index in [4.69, 9.17) is 0 Å². The molecule has 1 nitrogen and oxygen atoms in total. The van der Waals surface area contributed by atoms with E-state index in [2.05, 4.69) is 37.4 Å². The number of hydrogen-bond donors (Lipinski definition) is 1. The molecule has 1 saturated carbocycles. The van der Waals surface area contributed by atoms with Crippen molar-refractivity contribution in [2.45, 2.75) is 71.4 Å². The average Bonchev–Trinajstić information content (AvgIpc) is 2.30. The molecule has 0 aliphatic heterocycles. The van der Waals surface area contributed by atoms with Crippen molar-refractivity contribution < 1.29 is 0 Å². The summed E-state index contributed by atoms with van der Waals surface area (Å²) >= 11 is 0. The first kappa shape index (κ1) is 13.6. The fraction of sp³-hybridized carbons (Fsp3) is 0.647. The first-order valence-corrected chi connectivity index (χ1v) is 7.56. The van der Waals surface area contributed by atoms with Crippen LogP contribution in [-0.2, 0) is 6.54 Å². The summed E-state index contributed by atoms with van der Waals surface area (Å²) in [5.74, 6) is 0. The van der Waals surface area contributed by atoms with Gasteiger partial charge in [0.1, 0.15) is 0 Å². The molecule has 2 rings (SSSR count). The van der Waals surface area contributed by atoms with E-state index < -0.39 is 0 Å². The van der Waals surface area contributed by atoms with Gasteiger partial charge in [-0.15, -0.1) is 0 Å². The number of aryl methyl sites for hydroxylation is 2. The van der Waals surface area contributed by atoms with Gasteiger partial charge in [-0.05, 0) is 43.4 Å². The van der Waals surface area contributed by atoms with Gasteiger partial charge in [0.05, 0.1) is 0 Å². The summed E-state index contributed by atoms with van der Waals surface area (Å²) in [5.41, 5.74) is 4.35. The summed E-state index contributed by atoms with van der Waals surface area (Å²) < 4.78 is 0. The Balaban J connectivity index is 1.89. The minimum absolute atomic E-state index is 0.740.